The summed E-state index contributed by atoms with van der Waals surface area (Å²) < 4.78 is 4.51. The van der Waals surface area contributed by atoms with Crippen molar-refractivity contribution in [3.05, 3.63) is 35.9 Å². The monoisotopic (exact) mass is 389 g/mol. The maximum Gasteiger partial charge on any atom is 0.360 e. The van der Waals surface area contributed by atoms with E-state index in [2.05, 4.69) is 32.5 Å². The molecule has 0 amide bonds. The SMILES string of the molecule is C=Cn1cc(CCCCCCCCCCCCCCCC)c[n+](C=C)c1=S. The van der Waals surface area contributed by atoms with Gasteiger partial charge in [0.05, 0.1) is 12.4 Å². The topological polar surface area (TPSA) is 8.81 Å². The van der Waals surface area contributed by atoms with E-state index in [1.54, 1.807) is 12.4 Å². The first kappa shape index (κ1) is 23.8. The maximum absolute atomic E-state index is 5.38. The Hall–Kier alpha value is -1.22. The van der Waals surface area contributed by atoms with Crippen LogP contribution in [0.1, 0.15) is 102 Å². The summed E-state index contributed by atoms with van der Waals surface area (Å²) in [5, 5.41) is 0. The van der Waals surface area contributed by atoms with Crippen LogP contribution in [0.3, 0.4) is 0 Å². The minimum absolute atomic E-state index is 0.713. The molecule has 3 heteroatoms. The fourth-order valence-electron chi connectivity index (χ4n) is 3.55. The minimum Gasteiger partial charge on any atom is -0.196 e. The normalized spacial score (nSPS) is 10.9. The molecule has 0 fully saturated rings. The van der Waals surface area contributed by atoms with Crippen LogP contribution >= 0.6 is 12.2 Å². The fraction of sp³-hybridized carbons (Fsp3) is 0.667. The van der Waals surface area contributed by atoms with Gasteiger partial charge < -0.3 is 0 Å². The third kappa shape index (κ3) is 10.6. The molecule has 27 heavy (non-hydrogen) atoms. The summed E-state index contributed by atoms with van der Waals surface area (Å²) in [4.78, 5) is 0. The molecule has 0 saturated carbocycles. The van der Waals surface area contributed by atoms with Gasteiger partial charge >= 0.3 is 4.77 Å². The number of unbranched alkanes of at least 4 members (excludes halogenated alkanes) is 13. The van der Waals surface area contributed by atoms with Crippen LogP contribution in [0.15, 0.2) is 25.6 Å². The average Bonchev–Trinajstić information content (AvgIpc) is 2.69. The number of hydrogen-bond acceptors (Lipinski definition) is 1. The third-order valence-electron chi connectivity index (χ3n) is 5.26. The second-order valence-electron chi connectivity index (χ2n) is 7.64. The first-order chi connectivity index (χ1) is 13.2. The Morgan fingerprint density at radius 2 is 1.33 bits per heavy atom. The van der Waals surface area contributed by atoms with Gasteiger partial charge in [0.1, 0.15) is 12.4 Å². The van der Waals surface area contributed by atoms with Crippen molar-refractivity contribution in [3.8, 4) is 0 Å². The Morgan fingerprint density at radius 3 is 1.78 bits per heavy atom. The summed E-state index contributed by atoms with van der Waals surface area (Å²) in [7, 11) is 0. The van der Waals surface area contributed by atoms with E-state index in [-0.39, 0.29) is 0 Å². The summed E-state index contributed by atoms with van der Waals surface area (Å²) in [6.45, 7) is 9.95. The van der Waals surface area contributed by atoms with Crippen LogP contribution in [0.5, 0.6) is 0 Å². The fourth-order valence-corrected chi connectivity index (χ4v) is 3.80. The zero-order valence-corrected chi connectivity index (χ0v) is 18.4. The van der Waals surface area contributed by atoms with Gasteiger partial charge in [-0.15, -0.1) is 0 Å². The van der Waals surface area contributed by atoms with Gasteiger partial charge in [-0.25, -0.2) is 0 Å². The molecule has 0 aliphatic heterocycles. The van der Waals surface area contributed by atoms with Crippen molar-refractivity contribution in [2.75, 3.05) is 0 Å². The van der Waals surface area contributed by atoms with E-state index < -0.39 is 0 Å². The molecule has 0 radical (unpaired) electrons. The lowest BCUT2D eigenvalue weighted by Crippen LogP contribution is -2.30. The largest absolute Gasteiger partial charge is 0.360 e. The van der Waals surface area contributed by atoms with Crippen LogP contribution < -0.4 is 4.57 Å². The Balaban J connectivity index is 2.03. The van der Waals surface area contributed by atoms with Gasteiger partial charge in [-0.05, 0) is 12.8 Å². The predicted molar refractivity (Wildman–Crippen MR) is 122 cm³/mol. The van der Waals surface area contributed by atoms with E-state index in [9.17, 15) is 0 Å². The van der Waals surface area contributed by atoms with Crippen LogP contribution in [0.4, 0.5) is 0 Å². The summed E-state index contributed by atoms with van der Waals surface area (Å²) in [5.74, 6) is 0. The summed E-state index contributed by atoms with van der Waals surface area (Å²) in [6, 6.07) is 0. The smallest absolute Gasteiger partial charge is 0.196 e. The summed E-state index contributed by atoms with van der Waals surface area (Å²) in [5.41, 5.74) is 1.29. The quantitative estimate of drug-likeness (QED) is 0.150. The van der Waals surface area contributed by atoms with Crippen LogP contribution in [-0.4, -0.2) is 4.57 Å². The van der Waals surface area contributed by atoms with E-state index in [4.69, 9.17) is 12.2 Å². The first-order valence-electron chi connectivity index (χ1n) is 11.1. The molecule has 0 aliphatic rings. The molecule has 0 unspecified atom stereocenters. The summed E-state index contributed by atoms with van der Waals surface area (Å²) in [6.07, 6.45) is 28.4. The molecule has 0 bridgehead atoms. The van der Waals surface area contributed by atoms with Crippen molar-refractivity contribution >= 4 is 24.6 Å². The highest BCUT2D eigenvalue weighted by molar-refractivity contribution is 7.71. The van der Waals surface area contributed by atoms with Gasteiger partial charge in [0.15, 0.2) is 0 Å². The van der Waals surface area contributed by atoms with Gasteiger partial charge in [0, 0.05) is 17.8 Å². The summed E-state index contributed by atoms with van der Waals surface area (Å²) >= 11 is 5.38. The van der Waals surface area contributed by atoms with Gasteiger partial charge in [-0.3, -0.25) is 0 Å². The van der Waals surface area contributed by atoms with Gasteiger partial charge in [-0.2, -0.15) is 9.13 Å². The van der Waals surface area contributed by atoms with Crippen molar-refractivity contribution in [2.24, 2.45) is 0 Å². The Kier molecular flexibility index (Phi) is 13.9. The van der Waals surface area contributed by atoms with Crippen LogP contribution in [0.2, 0.25) is 0 Å². The molecule has 0 atom stereocenters. The molecule has 1 rings (SSSR count). The molecule has 0 aromatic carbocycles. The number of rotatable bonds is 17. The third-order valence-corrected chi connectivity index (χ3v) is 5.69. The van der Waals surface area contributed by atoms with Gasteiger partial charge in [-0.1, -0.05) is 104 Å². The molecular formula is C24H41N2S+. The second kappa shape index (κ2) is 15.8. The Morgan fingerprint density at radius 1 is 0.852 bits per heavy atom. The van der Waals surface area contributed by atoms with E-state index in [1.807, 2.05) is 9.13 Å². The molecule has 0 N–H and O–H groups in total. The van der Waals surface area contributed by atoms with E-state index in [0.717, 1.165) is 6.42 Å². The molecule has 1 aromatic heterocycles. The standard InChI is InChI=1S/C24H41N2S/c1-4-7-8-9-10-11-12-13-14-15-16-17-18-19-20-23-21-25(5-2)24(27)26(6-3)22-23/h5-6,21-22H,2-4,7-20H2,1H3/q+1. The molecular weight excluding hydrogens is 348 g/mol. The molecule has 0 spiro atoms. The molecule has 0 saturated heterocycles. The molecule has 2 nitrogen and oxygen atoms in total. The van der Waals surface area contributed by atoms with Crippen LogP contribution in [0, 0.1) is 4.77 Å². The van der Waals surface area contributed by atoms with E-state index in [0.29, 0.717) is 4.77 Å². The lowest BCUT2D eigenvalue weighted by atomic mass is 10.0. The van der Waals surface area contributed by atoms with Crippen molar-refractivity contribution in [1.82, 2.24) is 4.57 Å². The van der Waals surface area contributed by atoms with Crippen LogP contribution in [-0.2, 0) is 6.42 Å². The van der Waals surface area contributed by atoms with Crippen molar-refractivity contribution in [2.45, 2.75) is 103 Å². The minimum atomic E-state index is 0.713. The Labute approximate surface area is 173 Å². The average molecular weight is 390 g/mol. The highest BCUT2D eigenvalue weighted by Gasteiger charge is 2.06. The molecule has 0 aliphatic carbocycles. The predicted octanol–water partition coefficient (Wildman–Crippen LogP) is 7.73. The highest BCUT2D eigenvalue weighted by Crippen LogP contribution is 2.13. The number of hydrogen-bond donors (Lipinski definition) is 0. The van der Waals surface area contributed by atoms with Gasteiger partial charge in [0.2, 0.25) is 0 Å². The van der Waals surface area contributed by atoms with Crippen molar-refractivity contribution in [3.63, 3.8) is 0 Å². The zero-order chi connectivity index (χ0) is 19.7. The lowest BCUT2D eigenvalue weighted by molar-refractivity contribution is -0.580. The number of aryl methyl sites for hydroxylation is 1. The zero-order valence-electron chi connectivity index (χ0n) is 17.6. The van der Waals surface area contributed by atoms with Crippen molar-refractivity contribution in [1.29, 1.82) is 0 Å². The van der Waals surface area contributed by atoms with Crippen molar-refractivity contribution < 1.29 is 4.57 Å². The molecule has 152 valence electrons. The number of aromatic nitrogens is 2. The lowest BCUT2D eigenvalue weighted by Gasteiger charge is -2.04. The van der Waals surface area contributed by atoms with Crippen LogP contribution in [0.25, 0.3) is 12.4 Å². The second-order valence-corrected chi connectivity index (χ2v) is 8.01. The maximum atomic E-state index is 5.38. The van der Waals surface area contributed by atoms with E-state index >= 15 is 0 Å². The first-order valence-corrected chi connectivity index (χ1v) is 11.5. The molecule has 1 aromatic rings. The van der Waals surface area contributed by atoms with E-state index in [1.165, 1.54) is 95.5 Å². The number of nitrogens with zero attached hydrogens (tertiary/aromatic N) is 2. The molecule has 1 heterocycles. The Bertz CT molecular complexity index is 556. The highest BCUT2D eigenvalue weighted by atomic mass is 32.1. The van der Waals surface area contributed by atoms with Gasteiger partial charge in [0.25, 0.3) is 0 Å².